The summed E-state index contributed by atoms with van der Waals surface area (Å²) in [7, 11) is 1.66. The number of tetrazole rings is 1. The van der Waals surface area contributed by atoms with Gasteiger partial charge in [0.1, 0.15) is 17.2 Å². The highest BCUT2D eigenvalue weighted by atomic mass is 16.5. The molecule has 0 radical (unpaired) electrons. The topological polar surface area (TPSA) is 85.0 Å². The second kappa shape index (κ2) is 6.57. The molecule has 0 saturated heterocycles. The zero-order chi connectivity index (χ0) is 17.1. The summed E-state index contributed by atoms with van der Waals surface area (Å²) in [6.45, 7) is 5.99. The number of aromatic amines is 1. The van der Waals surface area contributed by atoms with Crippen molar-refractivity contribution in [2.24, 2.45) is 0 Å². The SMILES string of the molecule is COc1ccc(Oc2c(C)cc(Nc3nn[nH]n3)cc2C)cc1C. The quantitative estimate of drug-likeness (QED) is 0.744. The van der Waals surface area contributed by atoms with E-state index in [9.17, 15) is 0 Å². The van der Waals surface area contributed by atoms with Crippen LogP contribution < -0.4 is 14.8 Å². The van der Waals surface area contributed by atoms with Gasteiger partial charge in [0.15, 0.2) is 0 Å². The Labute approximate surface area is 140 Å². The highest BCUT2D eigenvalue weighted by Gasteiger charge is 2.10. The number of benzene rings is 2. The molecule has 24 heavy (non-hydrogen) atoms. The van der Waals surface area contributed by atoms with Crippen molar-refractivity contribution < 1.29 is 9.47 Å². The minimum Gasteiger partial charge on any atom is -0.496 e. The Kier molecular flexibility index (Phi) is 4.33. The Morgan fingerprint density at radius 1 is 1.00 bits per heavy atom. The largest absolute Gasteiger partial charge is 0.496 e. The van der Waals surface area contributed by atoms with Gasteiger partial charge >= 0.3 is 0 Å². The molecule has 0 aliphatic carbocycles. The summed E-state index contributed by atoms with van der Waals surface area (Å²) in [6, 6.07) is 9.73. The van der Waals surface area contributed by atoms with Gasteiger partial charge in [0, 0.05) is 5.69 Å². The average molecular weight is 325 g/mol. The van der Waals surface area contributed by atoms with Crippen molar-refractivity contribution in [3.63, 3.8) is 0 Å². The fourth-order valence-electron chi connectivity index (χ4n) is 2.56. The summed E-state index contributed by atoms with van der Waals surface area (Å²) in [5.41, 5.74) is 3.93. The summed E-state index contributed by atoms with van der Waals surface area (Å²) in [6.07, 6.45) is 0. The van der Waals surface area contributed by atoms with Gasteiger partial charge in [0.25, 0.3) is 5.95 Å². The minimum atomic E-state index is 0.424. The van der Waals surface area contributed by atoms with Gasteiger partial charge < -0.3 is 14.8 Å². The first kappa shape index (κ1) is 15.8. The first-order valence-corrected chi connectivity index (χ1v) is 7.51. The van der Waals surface area contributed by atoms with Crippen LogP contribution in [0, 0.1) is 20.8 Å². The molecule has 7 heteroatoms. The van der Waals surface area contributed by atoms with Gasteiger partial charge in [0.2, 0.25) is 0 Å². The third-order valence-electron chi connectivity index (χ3n) is 3.65. The lowest BCUT2D eigenvalue weighted by Gasteiger charge is -2.15. The van der Waals surface area contributed by atoms with E-state index in [4.69, 9.17) is 9.47 Å². The lowest BCUT2D eigenvalue weighted by molar-refractivity contribution is 0.409. The molecular weight excluding hydrogens is 306 g/mol. The zero-order valence-corrected chi connectivity index (χ0v) is 14.0. The van der Waals surface area contributed by atoms with Crippen molar-refractivity contribution in [2.45, 2.75) is 20.8 Å². The molecule has 0 saturated carbocycles. The van der Waals surface area contributed by atoms with Crippen molar-refractivity contribution in [1.82, 2.24) is 20.6 Å². The van der Waals surface area contributed by atoms with Crippen LogP contribution >= 0.6 is 0 Å². The molecule has 0 spiro atoms. The lowest BCUT2D eigenvalue weighted by Crippen LogP contribution is -1.97. The average Bonchev–Trinajstić information content (AvgIpc) is 3.04. The molecule has 0 amide bonds. The summed E-state index contributed by atoms with van der Waals surface area (Å²) in [4.78, 5) is 0. The van der Waals surface area contributed by atoms with Crippen molar-refractivity contribution in [1.29, 1.82) is 0 Å². The smallest absolute Gasteiger partial charge is 0.267 e. The van der Waals surface area contributed by atoms with Crippen LogP contribution in [0.3, 0.4) is 0 Å². The van der Waals surface area contributed by atoms with Gasteiger partial charge in [0.05, 0.1) is 7.11 Å². The van der Waals surface area contributed by atoms with E-state index in [1.54, 1.807) is 7.11 Å². The summed E-state index contributed by atoms with van der Waals surface area (Å²) in [5, 5.41) is 16.8. The Balaban J connectivity index is 1.84. The van der Waals surface area contributed by atoms with E-state index in [1.165, 1.54) is 0 Å². The highest BCUT2D eigenvalue weighted by Crippen LogP contribution is 2.33. The third-order valence-corrected chi connectivity index (χ3v) is 3.65. The molecule has 2 aromatic carbocycles. The van der Waals surface area contributed by atoms with E-state index in [0.717, 1.165) is 39.6 Å². The second-order valence-corrected chi connectivity index (χ2v) is 5.53. The van der Waals surface area contributed by atoms with Crippen LogP contribution in [0.5, 0.6) is 17.2 Å². The van der Waals surface area contributed by atoms with E-state index in [2.05, 4.69) is 25.9 Å². The van der Waals surface area contributed by atoms with Crippen LogP contribution in [0.15, 0.2) is 30.3 Å². The van der Waals surface area contributed by atoms with Gasteiger partial charge in [-0.15, -0.1) is 5.10 Å². The normalized spacial score (nSPS) is 10.5. The molecule has 1 heterocycles. The molecular formula is C17H19N5O2. The van der Waals surface area contributed by atoms with Gasteiger partial charge in [-0.05, 0) is 73.0 Å². The molecule has 0 bridgehead atoms. The fraction of sp³-hybridized carbons (Fsp3) is 0.235. The van der Waals surface area contributed by atoms with E-state index in [0.29, 0.717) is 5.95 Å². The maximum atomic E-state index is 6.08. The third kappa shape index (κ3) is 3.29. The number of nitrogens with one attached hydrogen (secondary N) is 2. The molecule has 0 aliphatic rings. The van der Waals surface area contributed by atoms with Gasteiger partial charge in [-0.1, -0.05) is 5.10 Å². The molecule has 3 rings (SSSR count). The molecule has 0 atom stereocenters. The molecule has 1 aromatic heterocycles. The molecule has 3 aromatic rings. The van der Waals surface area contributed by atoms with Crippen molar-refractivity contribution in [2.75, 3.05) is 12.4 Å². The maximum absolute atomic E-state index is 6.08. The van der Waals surface area contributed by atoms with Gasteiger partial charge in [-0.3, -0.25) is 0 Å². The van der Waals surface area contributed by atoms with E-state index < -0.39 is 0 Å². The summed E-state index contributed by atoms with van der Waals surface area (Å²) >= 11 is 0. The van der Waals surface area contributed by atoms with E-state index >= 15 is 0 Å². The number of aryl methyl sites for hydroxylation is 3. The summed E-state index contributed by atoms with van der Waals surface area (Å²) < 4.78 is 11.4. The van der Waals surface area contributed by atoms with Gasteiger partial charge in [-0.2, -0.15) is 5.21 Å². The Bertz CT molecular complexity index is 823. The molecule has 0 aliphatic heterocycles. The minimum absolute atomic E-state index is 0.424. The van der Waals surface area contributed by atoms with Gasteiger partial charge in [-0.25, -0.2) is 0 Å². The molecule has 124 valence electrons. The lowest BCUT2D eigenvalue weighted by atomic mass is 10.1. The number of hydrogen-bond donors (Lipinski definition) is 2. The molecule has 2 N–H and O–H groups in total. The van der Waals surface area contributed by atoms with Crippen LogP contribution in [0.25, 0.3) is 0 Å². The monoisotopic (exact) mass is 325 g/mol. The number of anilines is 2. The predicted octanol–water partition coefficient (Wildman–Crippen LogP) is 3.67. The Hall–Kier alpha value is -3.09. The van der Waals surface area contributed by atoms with Crippen LogP contribution in [0.4, 0.5) is 11.6 Å². The first-order chi connectivity index (χ1) is 11.6. The number of hydrogen-bond acceptors (Lipinski definition) is 6. The van der Waals surface area contributed by atoms with Crippen molar-refractivity contribution in [3.05, 3.63) is 47.0 Å². The molecule has 0 fully saturated rings. The van der Waals surface area contributed by atoms with Crippen LogP contribution in [0.2, 0.25) is 0 Å². The van der Waals surface area contributed by atoms with Crippen molar-refractivity contribution >= 4 is 11.6 Å². The first-order valence-electron chi connectivity index (χ1n) is 7.51. The molecule has 0 unspecified atom stereocenters. The predicted molar refractivity (Wildman–Crippen MR) is 91.2 cm³/mol. The number of ether oxygens (including phenoxy) is 2. The summed E-state index contributed by atoms with van der Waals surface area (Å²) in [5.74, 6) is 2.88. The van der Waals surface area contributed by atoms with Crippen LogP contribution in [0.1, 0.15) is 16.7 Å². The fourth-order valence-corrected chi connectivity index (χ4v) is 2.56. The molecule has 7 nitrogen and oxygen atoms in total. The number of nitrogens with zero attached hydrogens (tertiary/aromatic N) is 3. The number of rotatable bonds is 5. The number of methoxy groups -OCH3 is 1. The maximum Gasteiger partial charge on any atom is 0.267 e. The van der Waals surface area contributed by atoms with Crippen LogP contribution in [-0.2, 0) is 0 Å². The Morgan fingerprint density at radius 2 is 1.75 bits per heavy atom. The number of H-pyrrole nitrogens is 1. The number of aromatic nitrogens is 4. The van der Waals surface area contributed by atoms with Crippen molar-refractivity contribution in [3.8, 4) is 17.2 Å². The van der Waals surface area contributed by atoms with E-state index in [1.807, 2.05) is 51.1 Å². The second-order valence-electron chi connectivity index (χ2n) is 5.53. The zero-order valence-electron chi connectivity index (χ0n) is 14.0. The Morgan fingerprint density at radius 3 is 2.33 bits per heavy atom. The van der Waals surface area contributed by atoms with E-state index in [-0.39, 0.29) is 0 Å². The highest BCUT2D eigenvalue weighted by molar-refractivity contribution is 5.60. The van der Waals surface area contributed by atoms with Crippen LogP contribution in [-0.4, -0.2) is 27.7 Å². The standard InChI is InChI=1S/C17H19N5O2/c1-10-9-14(5-6-15(10)23-4)24-16-11(2)7-13(8-12(16)3)18-17-19-21-22-20-17/h5-9H,1-4H3,(H2,18,19,20,21,22).